The van der Waals surface area contributed by atoms with E-state index in [0.29, 0.717) is 11.3 Å². The maximum Gasteiger partial charge on any atom is 0.0948 e. The van der Waals surface area contributed by atoms with Crippen molar-refractivity contribution >= 4 is 0 Å². The van der Waals surface area contributed by atoms with Crippen molar-refractivity contribution < 1.29 is 4.74 Å². The molecule has 0 heterocycles. The van der Waals surface area contributed by atoms with Gasteiger partial charge in [-0.05, 0) is 18.8 Å². The molecule has 0 bridgehead atoms. The van der Waals surface area contributed by atoms with Gasteiger partial charge in [-0.25, -0.2) is 0 Å². The Balaban J connectivity index is 2.60. The van der Waals surface area contributed by atoms with Crippen LogP contribution in [0.5, 0.6) is 0 Å². The van der Waals surface area contributed by atoms with E-state index in [2.05, 4.69) is 20.4 Å². The highest BCUT2D eigenvalue weighted by atomic mass is 16.5. The van der Waals surface area contributed by atoms with Gasteiger partial charge in [0.15, 0.2) is 0 Å². The Morgan fingerprint density at radius 3 is 2.10 bits per heavy atom. The van der Waals surface area contributed by atoms with Crippen LogP contribution in [0.15, 0.2) is 12.3 Å². The number of hydrogen-bond acceptors (Lipinski definition) is 1. The van der Waals surface area contributed by atoms with Gasteiger partial charge in [-0.1, -0.05) is 20.4 Å². The van der Waals surface area contributed by atoms with Crippen LogP contribution in [0.1, 0.15) is 26.7 Å². The molecular formula is C9H16O. The molecule has 0 aromatic rings. The van der Waals surface area contributed by atoms with Gasteiger partial charge in [-0.3, -0.25) is 0 Å². The van der Waals surface area contributed by atoms with Gasteiger partial charge < -0.3 is 4.74 Å². The van der Waals surface area contributed by atoms with Gasteiger partial charge in [0, 0.05) is 5.41 Å². The summed E-state index contributed by atoms with van der Waals surface area (Å²) in [5, 5.41) is 0. The van der Waals surface area contributed by atoms with Crippen molar-refractivity contribution in [1.82, 2.24) is 0 Å². The van der Waals surface area contributed by atoms with E-state index in [1.165, 1.54) is 12.8 Å². The molecule has 0 spiro atoms. The van der Waals surface area contributed by atoms with Crippen molar-refractivity contribution in [3.8, 4) is 0 Å². The normalized spacial score (nSPS) is 20.8. The molecule has 0 aromatic heterocycles. The largest absolute Gasteiger partial charge is 0.501 e. The highest BCUT2D eigenvalue weighted by Crippen LogP contribution is 2.56. The molecule has 0 radical (unpaired) electrons. The Morgan fingerprint density at radius 2 is 2.00 bits per heavy atom. The van der Waals surface area contributed by atoms with Crippen LogP contribution in [0.4, 0.5) is 0 Å². The molecule has 1 nitrogen and oxygen atoms in total. The number of rotatable bonds is 3. The van der Waals surface area contributed by atoms with E-state index in [9.17, 15) is 0 Å². The average Bonchev–Trinajstić information content (AvgIpc) is 2.65. The summed E-state index contributed by atoms with van der Waals surface area (Å²) >= 11 is 0. The van der Waals surface area contributed by atoms with E-state index in [4.69, 9.17) is 4.74 Å². The number of methoxy groups -OCH3 is 1. The summed E-state index contributed by atoms with van der Waals surface area (Å²) in [7, 11) is 1.71. The number of ether oxygens (including phenoxy) is 1. The lowest BCUT2D eigenvalue weighted by molar-refractivity contribution is 0.203. The molecule has 1 rings (SSSR count). The summed E-state index contributed by atoms with van der Waals surface area (Å²) in [4.78, 5) is 0. The summed E-state index contributed by atoms with van der Waals surface area (Å²) in [6.07, 6.45) is 2.52. The molecule has 1 aliphatic carbocycles. The lowest BCUT2D eigenvalue weighted by atomic mass is 9.91. The van der Waals surface area contributed by atoms with E-state index in [-0.39, 0.29) is 0 Å². The maximum absolute atomic E-state index is 5.14. The minimum atomic E-state index is 0.342. The van der Waals surface area contributed by atoms with Gasteiger partial charge in [-0.2, -0.15) is 0 Å². The fraction of sp³-hybridized carbons (Fsp3) is 0.778. The fourth-order valence-corrected chi connectivity index (χ4v) is 1.52. The van der Waals surface area contributed by atoms with Crippen LogP contribution < -0.4 is 0 Å². The SMILES string of the molecule is C=C(OC)C1(C(C)C)CC1. The second kappa shape index (κ2) is 2.30. The highest BCUT2D eigenvalue weighted by Gasteiger charge is 2.48. The monoisotopic (exact) mass is 140 g/mol. The summed E-state index contributed by atoms with van der Waals surface area (Å²) in [6.45, 7) is 8.37. The second-order valence-electron chi connectivity index (χ2n) is 3.44. The third-order valence-electron chi connectivity index (χ3n) is 2.70. The zero-order chi connectivity index (χ0) is 7.78. The van der Waals surface area contributed by atoms with E-state index in [1.807, 2.05) is 0 Å². The molecule has 0 aliphatic heterocycles. The Bertz CT molecular complexity index is 143. The Morgan fingerprint density at radius 1 is 1.50 bits per heavy atom. The molecule has 0 amide bonds. The minimum Gasteiger partial charge on any atom is -0.501 e. The first-order chi connectivity index (χ1) is 4.63. The molecule has 0 N–H and O–H groups in total. The van der Waals surface area contributed by atoms with Gasteiger partial charge in [0.05, 0.1) is 12.9 Å². The van der Waals surface area contributed by atoms with Crippen LogP contribution in [-0.4, -0.2) is 7.11 Å². The van der Waals surface area contributed by atoms with Crippen LogP contribution in [0.25, 0.3) is 0 Å². The van der Waals surface area contributed by atoms with Crippen LogP contribution >= 0.6 is 0 Å². The van der Waals surface area contributed by atoms with Gasteiger partial charge in [0.1, 0.15) is 0 Å². The Hall–Kier alpha value is -0.460. The average molecular weight is 140 g/mol. The number of hydrogen-bond donors (Lipinski definition) is 0. The van der Waals surface area contributed by atoms with E-state index >= 15 is 0 Å². The van der Waals surface area contributed by atoms with Crippen molar-refractivity contribution in [3.05, 3.63) is 12.3 Å². The molecule has 10 heavy (non-hydrogen) atoms. The highest BCUT2D eigenvalue weighted by molar-refractivity contribution is 5.14. The first-order valence-corrected chi connectivity index (χ1v) is 3.87. The summed E-state index contributed by atoms with van der Waals surface area (Å²) in [6, 6.07) is 0. The van der Waals surface area contributed by atoms with Crippen molar-refractivity contribution in [2.75, 3.05) is 7.11 Å². The Labute approximate surface area is 63.1 Å². The lowest BCUT2D eigenvalue weighted by Crippen LogP contribution is -2.12. The molecule has 0 aromatic carbocycles. The summed E-state index contributed by atoms with van der Waals surface area (Å²) < 4.78 is 5.14. The zero-order valence-corrected chi connectivity index (χ0v) is 7.11. The molecule has 1 saturated carbocycles. The van der Waals surface area contributed by atoms with E-state index < -0.39 is 0 Å². The predicted molar refractivity (Wildman–Crippen MR) is 42.7 cm³/mol. The quantitative estimate of drug-likeness (QED) is 0.547. The van der Waals surface area contributed by atoms with Crippen LogP contribution in [0.3, 0.4) is 0 Å². The van der Waals surface area contributed by atoms with Crippen molar-refractivity contribution in [2.24, 2.45) is 11.3 Å². The third-order valence-corrected chi connectivity index (χ3v) is 2.70. The molecule has 0 saturated heterocycles. The van der Waals surface area contributed by atoms with Gasteiger partial charge in [0.25, 0.3) is 0 Å². The van der Waals surface area contributed by atoms with Gasteiger partial charge >= 0.3 is 0 Å². The molecule has 1 fully saturated rings. The van der Waals surface area contributed by atoms with Crippen LogP contribution in [0.2, 0.25) is 0 Å². The maximum atomic E-state index is 5.14. The second-order valence-corrected chi connectivity index (χ2v) is 3.44. The zero-order valence-electron chi connectivity index (χ0n) is 7.11. The molecular weight excluding hydrogens is 124 g/mol. The van der Waals surface area contributed by atoms with Crippen LogP contribution in [0, 0.1) is 11.3 Å². The summed E-state index contributed by atoms with van der Waals surface area (Å²) in [5.41, 5.74) is 0.342. The van der Waals surface area contributed by atoms with Gasteiger partial charge in [0.2, 0.25) is 0 Å². The predicted octanol–water partition coefficient (Wildman–Crippen LogP) is 2.58. The Kier molecular flexibility index (Phi) is 1.76. The van der Waals surface area contributed by atoms with E-state index in [1.54, 1.807) is 7.11 Å². The minimum absolute atomic E-state index is 0.342. The fourth-order valence-electron chi connectivity index (χ4n) is 1.52. The van der Waals surface area contributed by atoms with Crippen LogP contribution in [-0.2, 0) is 4.74 Å². The molecule has 0 unspecified atom stereocenters. The first-order valence-electron chi connectivity index (χ1n) is 3.87. The van der Waals surface area contributed by atoms with Crippen molar-refractivity contribution in [1.29, 1.82) is 0 Å². The standard InChI is InChI=1S/C9H16O/c1-7(2)9(5-6-9)8(3)10-4/h7H,3,5-6H2,1-2,4H3. The number of allylic oxidation sites excluding steroid dienone is 1. The molecule has 0 atom stereocenters. The topological polar surface area (TPSA) is 9.23 Å². The molecule has 58 valence electrons. The van der Waals surface area contributed by atoms with Crippen molar-refractivity contribution in [3.63, 3.8) is 0 Å². The first kappa shape index (κ1) is 7.64. The summed E-state index contributed by atoms with van der Waals surface area (Å²) in [5.74, 6) is 1.66. The van der Waals surface area contributed by atoms with Crippen molar-refractivity contribution in [2.45, 2.75) is 26.7 Å². The lowest BCUT2D eigenvalue weighted by Gasteiger charge is -2.20. The molecule has 1 heteroatoms. The smallest absolute Gasteiger partial charge is 0.0948 e. The van der Waals surface area contributed by atoms with Gasteiger partial charge in [-0.15, -0.1) is 0 Å². The van der Waals surface area contributed by atoms with E-state index in [0.717, 1.165) is 5.76 Å². The third kappa shape index (κ3) is 0.938. The molecule has 1 aliphatic rings.